The van der Waals surface area contributed by atoms with E-state index in [-0.39, 0.29) is 24.2 Å². The van der Waals surface area contributed by atoms with E-state index in [1.54, 1.807) is 29.1 Å². The Morgan fingerprint density at radius 3 is 2.80 bits per heavy atom. The summed E-state index contributed by atoms with van der Waals surface area (Å²) in [6, 6.07) is 7.79. The minimum atomic E-state index is -0.326. The van der Waals surface area contributed by atoms with Gasteiger partial charge in [0.2, 0.25) is 11.8 Å². The molecule has 130 valence electrons. The number of nitrogens with zero attached hydrogens (tertiary/aromatic N) is 3. The van der Waals surface area contributed by atoms with Crippen molar-refractivity contribution in [2.75, 3.05) is 5.32 Å². The summed E-state index contributed by atoms with van der Waals surface area (Å²) >= 11 is 0. The third-order valence-electron chi connectivity index (χ3n) is 3.93. The smallest absolute Gasteiger partial charge is 0.231 e. The zero-order valence-corrected chi connectivity index (χ0v) is 14.1. The van der Waals surface area contributed by atoms with E-state index < -0.39 is 0 Å². The number of hydrogen-bond donors (Lipinski definition) is 1. The summed E-state index contributed by atoms with van der Waals surface area (Å²) in [5.41, 5.74) is 1.16. The van der Waals surface area contributed by atoms with Gasteiger partial charge in [-0.1, -0.05) is 6.92 Å². The molecule has 0 aliphatic carbocycles. The Hall–Kier alpha value is -2.96. The number of nitrogens with one attached hydrogen (secondary N) is 1. The van der Waals surface area contributed by atoms with Gasteiger partial charge in [-0.2, -0.15) is 5.10 Å². The first-order chi connectivity index (χ1) is 12.1. The van der Waals surface area contributed by atoms with Crippen LogP contribution in [0.15, 0.2) is 47.2 Å². The average molecular weight is 342 g/mol. The molecule has 7 heteroatoms. The van der Waals surface area contributed by atoms with Crippen molar-refractivity contribution >= 4 is 11.7 Å². The molecule has 25 heavy (non-hydrogen) atoms. The van der Waals surface area contributed by atoms with Crippen molar-refractivity contribution in [3.05, 3.63) is 54.3 Å². The molecule has 0 fully saturated rings. The molecule has 0 saturated carbocycles. The molecule has 6 nitrogen and oxygen atoms in total. The van der Waals surface area contributed by atoms with Gasteiger partial charge in [0.25, 0.3) is 0 Å². The van der Waals surface area contributed by atoms with Crippen LogP contribution in [0.5, 0.6) is 0 Å². The van der Waals surface area contributed by atoms with E-state index in [4.69, 9.17) is 4.42 Å². The Kier molecular flexibility index (Phi) is 4.92. The summed E-state index contributed by atoms with van der Waals surface area (Å²) < 4.78 is 20.1. The minimum Gasteiger partial charge on any atom is -0.444 e. The molecule has 0 spiro atoms. The molecule has 1 aromatic carbocycles. The zero-order valence-electron chi connectivity index (χ0n) is 14.1. The number of aromatic nitrogens is 3. The maximum atomic E-state index is 13.0. The Balaban J connectivity index is 1.66. The van der Waals surface area contributed by atoms with Gasteiger partial charge in [0.1, 0.15) is 17.9 Å². The summed E-state index contributed by atoms with van der Waals surface area (Å²) in [5, 5.41) is 7.08. The number of carbonyl (C=O) groups is 1. The van der Waals surface area contributed by atoms with E-state index in [1.165, 1.54) is 18.4 Å². The largest absolute Gasteiger partial charge is 0.444 e. The fourth-order valence-corrected chi connectivity index (χ4v) is 2.40. The Labute approximate surface area is 144 Å². The van der Waals surface area contributed by atoms with Crippen LogP contribution >= 0.6 is 0 Å². The van der Waals surface area contributed by atoms with Crippen LogP contribution in [0.4, 0.5) is 10.2 Å². The predicted molar refractivity (Wildman–Crippen MR) is 91.5 cm³/mol. The van der Waals surface area contributed by atoms with Crippen LogP contribution in [-0.4, -0.2) is 20.7 Å². The maximum Gasteiger partial charge on any atom is 0.231 e. The first-order valence-corrected chi connectivity index (χ1v) is 8.10. The standard InChI is InChI=1S/C18H19FN4O2/c1-3-12(2)23-16(8-9-20-23)22-17(24)10-15-11-25-18(21-15)13-4-6-14(19)7-5-13/h4-9,11-12H,3,10H2,1-2H3,(H,22,24)/t12-/m1/s1. The first-order valence-electron chi connectivity index (χ1n) is 8.10. The lowest BCUT2D eigenvalue weighted by Gasteiger charge is -2.13. The lowest BCUT2D eigenvalue weighted by Crippen LogP contribution is -2.19. The second-order valence-corrected chi connectivity index (χ2v) is 5.79. The Bertz CT molecular complexity index is 854. The lowest BCUT2D eigenvalue weighted by molar-refractivity contribution is -0.115. The molecule has 1 atom stereocenters. The van der Waals surface area contributed by atoms with Crippen molar-refractivity contribution in [1.82, 2.24) is 14.8 Å². The summed E-state index contributed by atoms with van der Waals surface area (Å²) in [6.45, 7) is 4.10. The topological polar surface area (TPSA) is 73.0 Å². The van der Waals surface area contributed by atoms with Crippen molar-refractivity contribution in [3.8, 4) is 11.5 Å². The van der Waals surface area contributed by atoms with E-state index in [0.717, 1.165) is 6.42 Å². The summed E-state index contributed by atoms with van der Waals surface area (Å²) in [4.78, 5) is 16.5. The molecule has 2 aromatic heterocycles. The molecule has 0 radical (unpaired) electrons. The number of carbonyl (C=O) groups excluding carboxylic acids is 1. The molecule has 3 aromatic rings. The highest BCUT2D eigenvalue weighted by molar-refractivity contribution is 5.91. The van der Waals surface area contributed by atoms with Gasteiger partial charge in [-0.25, -0.2) is 14.1 Å². The summed E-state index contributed by atoms with van der Waals surface area (Å²) in [7, 11) is 0. The highest BCUT2D eigenvalue weighted by Gasteiger charge is 2.14. The monoisotopic (exact) mass is 342 g/mol. The molecule has 0 bridgehead atoms. The van der Waals surface area contributed by atoms with Crippen molar-refractivity contribution < 1.29 is 13.6 Å². The zero-order chi connectivity index (χ0) is 17.8. The van der Waals surface area contributed by atoms with Crippen molar-refractivity contribution in [1.29, 1.82) is 0 Å². The molecule has 1 N–H and O–H groups in total. The van der Waals surface area contributed by atoms with Gasteiger partial charge < -0.3 is 9.73 Å². The van der Waals surface area contributed by atoms with E-state index in [9.17, 15) is 9.18 Å². The number of rotatable bonds is 6. The molecule has 0 saturated heterocycles. The van der Waals surface area contributed by atoms with Crippen LogP contribution < -0.4 is 5.32 Å². The molecular formula is C18H19FN4O2. The number of benzene rings is 1. The summed E-state index contributed by atoms with van der Waals surface area (Å²) in [5.74, 6) is 0.478. The van der Waals surface area contributed by atoms with E-state index in [0.29, 0.717) is 23.0 Å². The maximum absolute atomic E-state index is 13.0. The van der Waals surface area contributed by atoms with E-state index >= 15 is 0 Å². The summed E-state index contributed by atoms with van der Waals surface area (Å²) in [6.07, 6.45) is 4.08. The number of amides is 1. The molecule has 3 rings (SSSR count). The van der Waals surface area contributed by atoms with Crippen molar-refractivity contribution in [3.63, 3.8) is 0 Å². The van der Waals surface area contributed by atoms with Gasteiger partial charge in [0, 0.05) is 11.6 Å². The molecule has 1 amide bonds. The Morgan fingerprint density at radius 2 is 2.08 bits per heavy atom. The number of anilines is 1. The fraction of sp³-hybridized carbons (Fsp3) is 0.278. The van der Waals surface area contributed by atoms with Gasteiger partial charge in [-0.05, 0) is 37.6 Å². The van der Waals surface area contributed by atoms with E-state index in [1.807, 2.05) is 6.92 Å². The highest BCUT2D eigenvalue weighted by atomic mass is 19.1. The SMILES string of the molecule is CC[C@@H](C)n1nccc1NC(=O)Cc1coc(-c2ccc(F)cc2)n1. The van der Waals surface area contributed by atoms with Crippen molar-refractivity contribution in [2.24, 2.45) is 0 Å². The molecule has 0 unspecified atom stereocenters. The number of hydrogen-bond acceptors (Lipinski definition) is 4. The molecule has 0 aliphatic heterocycles. The van der Waals surface area contributed by atoms with Gasteiger partial charge in [0.05, 0.1) is 24.4 Å². The first kappa shape index (κ1) is 16.9. The van der Waals surface area contributed by atoms with Gasteiger partial charge >= 0.3 is 0 Å². The minimum absolute atomic E-state index is 0.0797. The van der Waals surface area contributed by atoms with Crippen molar-refractivity contribution in [2.45, 2.75) is 32.7 Å². The molecular weight excluding hydrogens is 323 g/mol. The lowest BCUT2D eigenvalue weighted by atomic mass is 10.2. The van der Waals surface area contributed by atoms with Crippen LogP contribution in [0.1, 0.15) is 32.0 Å². The second kappa shape index (κ2) is 7.29. The Morgan fingerprint density at radius 1 is 1.32 bits per heavy atom. The van der Waals surface area contributed by atoms with Gasteiger partial charge in [0.15, 0.2) is 0 Å². The van der Waals surface area contributed by atoms with Gasteiger partial charge in [-0.3, -0.25) is 4.79 Å². The average Bonchev–Trinajstić information content (AvgIpc) is 3.24. The van der Waals surface area contributed by atoms with Crippen LogP contribution in [0.25, 0.3) is 11.5 Å². The van der Waals surface area contributed by atoms with E-state index in [2.05, 4.69) is 22.3 Å². The number of halogens is 1. The highest BCUT2D eigenvalue weighted by Crippen LogP contribution is 2.20. The molecule has 0 aliphatic rings. The third kappa shape index (κ3) is 3.93. The second-order valence-electron chi connectivity index (χ2n) is 5.79. The number of oxazole rings is 1. The van der Waals surface area contributed by atoms with Crippen LogP contribution in [-0.2, 0) is 11.2 Å². The normalized spacial score (nSPS) is 12.1. The van der Waals surface area contributed by atoms with Crippen LogP contribution in [0.3, 0.4) is 0 Å². The van der Waals surface area contributed by atoms with Gasteiger partial charge in [-0.15, -0.1) is 0 Å². The van der Waals surface area contributed by atoms with Crippen LogP contribution in [0, 0.1) is 5.82 Å². The fourth-order valence-electron chi connectivity index (χ4n) is 2.40. The molecule has 2 heterocycles. The predicted octanol–water partition coefficient (Wildman–Crippen LogP) is 3.83. The quantitative estimate of drug-likeness (QED) is 0.739. The third-order valence-corrected chi connectivity index (χ3v) is 3.93. The van der Waals surface area contributed by atoms with Crippen LogP contribution in [0.2, 0.25) is 0 Å².